The van der Waals surface area contributed by atoms with Crippen molar-refractivity contribution < 1.29 is 27.5 Å². The van der Waals surface area contributed by atoms with Gasteiger partial charge in [-0.3, -0.25) is 9.69 Å². The normalized spacial score (nSPS) is 19.0. The molecule has 1 heterocycles. The van der Waals surface area contributed by atoms with Crippen LogP contribution in [0.3, 0.4) is 0 Å². The lowest BCUT2D eigenvalue weighted by molar-refractivity contribution is -0.144. The molecule has 4 rings (SSSR count). The molecule has 0 bridgehead atoms. The molecule has 1 saturated carbocycles. The average molecular weight is 422 g/mol. The van der Waals surface area contributed by atoms with E-state index in [0.717, 1.165) is 17.7 Å². The molecule has 1 aliphatic heterocycles. The molecule has 160 valence electrons. The predicted octanol–water partition coefficient (Wildman–Crippen LogP) is 3.68. The van der Waals surface area contributed by atoms with Crippen LogP contribution in [0.25, 0.3) is 11.1 Å². The van der Waals surface area contributed by atoms with Crippen LogP contribution >= 0.6 is 0 Å². The standard InChI is InChI=1S/C22H22F4N2O2/c23-17-5-6-18(19(13-17)22(24,25)26)16-3-1-15(2-4-16)14-27-9-11-28(12-10-27)20(29)21(30)7-8-21/h1-6,13,30H,7-12,14H2. The second kappa shape index (κ2) is 7.67. The molecule has 1 N–H and O–H groups in total. The molecule has 30 heavy (non-hydrogen) atoms. The van der Waals surface area contributed by atoms with Crippen molar-refractivity contribution in [2.75, 3.05) is 26.2 Å². The zero-order chi connectivity index (χ0) is 21.5. The van der Waals surface area contributed by atoms with Crippen LogP contribution in [0.1, 0.15) is 24.0 Å². The third kappa shape index (κ3) is 4.34. The number of alkyl halides is 3. The van der Waals surface area contributed by atoms with E-state index in [4.69, 9.17) is 0 Å². The lowest BCUT2D eigenvalue weighted by Gasteiger charge is -2.35. The van der Waals surface area contributed by atoms with Crippen LogP contribution in [0.5, 0.6) is 0 Å². The van der Waals surface area contributed by atoms with Crippen LogP contribution in [0.2, 0.25) is 0 Å². The maximum absolute atomic E-state index is 13.3. The van der Waals surface area contributed by atoms with Gasteiger partial charge >= 0.3 is 6.18 Å². The van der Waals surface area contributed by atoms with Crippen molar-refractivity contribution in [2.45, 2.75) is 31.2 Å². The first-order valence-electron chi connectivity index (χ1n) is 9.86. The average Bonchev–Trinajstić information content (AvgIpc) is 3.47. The highest BCUT2D eigenvalue weighted by Gasteiger charge is 2.50. The summed E-state index contributed by atoms with van der Waals surface area (Å²) in [7, 11) is 0. The first-order chi connectivity index (χ1) is 14.2. The van der Waals surface area contributed by atoms with Crippen molar-refractivity contribution in [3.8, 4) is 11.1 Å². The third-order valence-corrected chi connectivity index (χ3v) is 5.74. The number of piperazine rings is 1. The van der Waals surface area contributed by atoms with Crippen molar-refractivity contribution in [1.82, 2.24) is 9.80 Å². The number of carbonyl (C=O) groups is 1. The summed E-state index contributed by atoms with van der Waals surface area (Å²) in [5.41, 5.74) is -0.878. The molecule has 1 amide bonds. The Bertz CT molecular complexity index is 931. The summed E-state index contributed by atoms with van der Waals surface area (Å²) in [5.74, 6) is -1.11. The number of carbonyl (C=O) groups excluding carboxylic acids is 1. The van der Waals surface area contributed by atoms with Gasteiger partial charge in [0.1, 0.15) is 11.4 Å². The van der Waals surface area contributed by atoms with Crippen molar-refractivity contribution >= 4 is 5.91 Å². The van der Waals surface area contributed by atoms with Gasteiger partial charge in [-0.25, -0.2) is 4.39 Å². The number of hydrogen-bond donors (Lipinski definition) is 1. The molecule has 4 nitrogen and oxygen atoms in total. The molecule has 0 spiro atoms. The van der Waals surface area contributed by atoms with E-state index >= 15 is 0 Å². The van der Waals surface area contributed by atoms with Gasteiger partial charge in [0.25, 0.3) is 5.91 Å². The molecule has 2 fully saturated rings. The fraction of sp³-hybridized carbons (Fsp3) is 0.409. The lowest BCUT2D eigenvalue weighted by atomic mass is 9.98. The van der Waals surface area contributed by atoms with E-state index in [0.29, 0.717) is 57.2 Å². The van der Waals surface area contributed by atoms with Gasteiger partial charge in [-0.05, 0) is 41.7 Å². The number of rotatable bonds is 4. The quantitative estimate of drug-likeness (QED) is 0.765. The molecule has 2 aliphatic rings. The summed E-state index contributed by atoms with van der Waals surface area (Å²) >= 11 is 0. The molecule has 0 radical (unpaired) electrons. The minimum absolute atomic E-state index is 0.0550. The Labute approximate surface area is 171 Å². The van der Waals surface area contributed by atoms with E-state index in [1.54, 1.807) is 29.2 Å². The monoisotopic (exact) mass is 422 g/mol. The van der Waals surface area contributed by atoms with E-state index in [-0.39, 0.29) is 11.5 Å². The maximum Gasteiger partial charge on any atom is 0.417 e. The molecule has 1 aliphatic carbocycles. The Hall–Kier alpha value is -2.45. The van der Waals surface area contributed by atoms with Gasteiger partial charge in [-0.1, -0.05) is 30.3 Å². The summed E-state index contributed by atoms with van der Waals surface area (Å²) in [6.07, 6.45) is -3.58. The molecular formula is C22H22F4N2O2. The van der Waals surface area contributed by atoms with Gasteiger partial charge in [-0.2, -0.15) is 13.2 Å². The summed E-state index contributed by atoms with van der Waals surface area (Å²) < 4.78 is 53.1. The summed E-state index contributed by atoms with van der Waals surface area (Å²) in [6.45, 7) is 3.04. The fourth-order valence-corrected chi connectivity index (χ4v) is 3.79. The Morgan fingerprint density at radius 2 is 1.63 bits per heavy atom. The third-order valence-electron chi connectivity index (χ3n) is 5.74. The van der Waals surface area contributed by atoms with Crippen molar-refractivity contribution in [3.63, 3.8) is 0 Å². The van der Waals surface area contributed by atoms with E-state index in [1.807, 2.05) is 0 Å². The Morgan fingerprint density at radius 1 is 1.00 bits per heavy atom. The van der Waals surface area contributed by atoms with Gasteiger partial charge in [0.15, 0.2) is 0 Å². The molecule has 0 atom stereocenters. The van der Waals surface area contributed by atoms with Crippen molar-refractivity contribution in [1.29, 1.82) is 0 Å². The summed E-state index contributed by atoms with van der Waals surface area (Å²) in [6, 6.07) is 9.45. The second-order valence-corrected chi connectivity index (χ2v) is 7.98. The molecule has 1 saturated heterocycles. The highest BCUT2D eigenvalue weighted by Crippen LogP contribution is 2.38. The Kier molecular flexibility index (Phi) is 5.32. The zero-order valence-corrected chi connectivity index (χ0v) is 16.3. The van der Waals surface area contributed by atoms with Crippen LogP contribution in [0.4, 0.5) is 17.6 Å². The molecule has 2 aromatic rings. The van der Waals surface area contributed by atoms with E-state index < -0.39 is 23.2 Å². The maximum atomic E-state index is 13.3. The molecule has 2 aromatic carbocycles. The number of aliphatic hydroxyl groups is 1. The van der Waals surface area contributed by atoms with E-state index in [2.05, 4.69) is 4.90 Å². The van der Waals surface area contributed by atoms with E-state index in [1.165, 1.54) is 0 Å². The predicted molar refractivity (Wildman–Crippen MR) is 103 cm³/mol. The van der Waals surface area contributed by atoms with Crippen LogP contribution in [-0.2, 0) is 17.5 Å². The number of amides is 1. The number of benzene rings is 2. The first kappa shape index (κ1) is 20.8. The highest BCUT2D eigenvalue weighted by atomic mass is 19.4. The Morgan fingerprint density at radius 3 is 2.20 bits per heavy atom. The molecule has 8 heteroatoms. The van der Waals surface area contributed by atoms with Crippen molar-refractivity contribution in [3.05, 3.63) is 59.4 Å². The van der Waals surface area contributed by atoms with Crippen LogP contribution in [0.15, 0.2) is 42.5 Å². The topological polar surface area (TPSA) is 43.8 Å². The largest absolute Gasteiger partial charge is 0.417 e. The fourth-order valence-electron chi connectivity index (χ4n) is 3.79. The Balaban J connectivity index is 1.40. The molecule has 0 aromatic heterocycles. The molecule has 0 unspecified atom stereocenters. The van der Waals surface area contributed by atoms with Gasteiger partial charge in [0.05, 0.1) is 5.56 Å². The SMILES string of the molecule is O=C(N1CCN(Cc2ccc(-c3ccc(F)cc3C(F)(F)F)cc2)CC1)C1(O)CC1. The van der Waals surface area contributed by atoms with Gasteiger partial charge in [0, 0.05) is 32.7 Å². The summed E-state index contributed by atoms with van der Waals surface area (Å²) in [4.78, 5) is 16.0. The number of hydrogen-bond acceptors (Lipinski definition) is 3. The number of halogens is 4. The van der Waals surface area contributed by atoms with E-state index in [9.17, 15) is 27.5 Å². The zero-order valence-electron chi connectivity index (χ0n) is 16.3. The minimum Gasteiger partial charge on any atom is -0.380 e. The van der Waals surface area contributed by atoms with Crippen LogP contribution < -0.4 is 0 Å². The second-order valence-electron chi connectivity index (χ2n) is 7.98. The minimum atomic E-state index is -4.64. The van der Waals surface area contributed by atoms with Gasteiger partial charge < -0.3 is 10.0 Å². The highest BCUT2D eigenvalue weighted by molar-refractivity contribution is 5.87. The van der Waals surface area contributed by atoms with Crippen LogP contribution in [-0.4, -0.2) is 52.6 Å². The lowest BCUT2D eigenvalue weighted by Crippen LogP contribution is -2.51. The van der Waals surface area contributed by atoms with Gasteiger partial charge in [-0.15, -0.1) is 0 Å². The smallest absolute Gasteiger partial charge is 0.380 e. The first-order valence-corrected chi connectivity index (χ1v) is 9.86. The van der Waals surface area contributed by atoms with Crippen LogP contribution in [0, 0.1) is 5.82 Å². The molecular weight excluding hydrogens is 400 g/mol. The number of nitrogens with zero attached hydrogens (tertiary/aromatic N) is 2. The van der Waals surface area contributed by atoms with Gasteiger partial charge in [0.2, 0.25) is 0 Å². The summed E-state index contributed by atoms with van der Waals surface area (Å²) in [5, 5.41) is 9.96. The van der Waals surface area contributed by atoms with Crippen molar-refractivity contribution in [2.24, 2.45) is 0 Å².